The molecule has 3 nitrogen and oxygen atoms in total. The van der Waals surface area contributed by atoms with Gasteiger partial charge in [0.25, 0.3) is 0 Å². The summed E-state index contributed by atoms with van der Waals surface area (Å²) in [6.45, 7) is 3.67. The Morgan fingerprint density at radius 1 is 1.21 bits per heavy atom. The first-order valence-electron chi connectivity index (χ1n) is 7.13. The third-order valence-electron chi connectivity index (χ3n) is 3.49. The van der Waals surface area contributed by atoms with Crippen LogP contribution in [0.4, 0.5) is 0 Å². The van der Waals surface area contributed by atoms with E-state index >= 15 is 0 Å². The van der Waals surface area contributed by atoms with Crippen molar-refractivity contribution in [3.05, 3.63) is 35.4 Å². The molecule has 106 valence electrons. The van der Waals surface area contributed by atoms with E-state index in [0.29, 0.717) is 6.42 Å². The second-order valence-electron chi connectivity index (χ2n) is 5.09. The maximum atomic E-state index is 12.0. The summed E-state index contributed by atoms with van der Waals surface area (Å²) in [5.74, 6) is 0.232. The maximum absolute atomic E-state index is 12.0. The highest BCUT2D eigenvalue weighted by molar-refractivity contribution is 5.76. The van der Waals surface area contributed by atoms with Crippen LogP contribution in [0.3, 0.4) is 0 Å². The molecule has 0 saturated heterocycles. The summed E-state index contributed by atoms with van der Waals surface area (Å²) < 4.78 is 0. The highest BCUT2D eigenvalue weighted by atomic mass is 16.2. The Balaban J connectivity index is 2.28. The number of aryl methyl sites for hydroxylation is 2. The maximum Gasteiger partial charge on any atom is 0.222 e. The first kappa shape index (κ1) is 15.7. The second kappa shape index (κ2) is 8.70. The van der Waals surface area contributed by atoms with Gasteiger partial charge < -0.3 is 10.6 Å². The van der Waals surface area contributed by atoms with Gasteiger partial charge in [-0.1, -0.05) is 30.7 Å². The molecule has 0 fully saturated rings. The number of rotatable bonds is 8. The second-order valence-corrected chi connectivity index (χ2v) is 5.09. The van der Waals surface area contributed by atoms with Crippen molar-refractivity contribution in [2.45, 2.75) is 39.0 Å². The van der Waals surface area contributed by atoms with E-state index in [1.807, 2.05) is 24.1 Å². The molecule has 1 aromatic carbocycles. The number of hydrogen-bond acceptors (Lipinski definition) is 2. The van der Waals surface area contributed by atoms with E-state index in [2.05, 4.69) is 19.1 Å². The lowest BCUT2D eigenvalue weighted by molar-refractivity contribution is -0.129. The molecular formula is C16H26N2O. The molecule has 2 N–H and O–H groups in total. The zero-order valence-electron chi connectivity index (χ0n) is 12.2. The average Bonchev–Trinajstić information content (AvgIpc) is 2.42. The van der Waals surface area contributed by atoms with Crippen molar-refractivity contribution >= 4 is 5.91 Å². The molecule has 0 aromatic heterocycles. The minimum Gasteiger partial charge on any atom is -0.346 e. The van der Waals surface area contributed by atoms with E-state index in [1.165, 1.54) is 11.1 Å². The highest BCUT2D eigenvalue weighted by Crippen LogP contribution is 2.10. The monoisotopic (exact) mass is 262 g/mol. The van der Waals surface area contributed by atoms with Gasteiger partial charge in [0.15, 0.2) is 0 Å². The minimum absolute atomic E-state index is 0.232. The zero-order valence-corrected chi connectivity index (χ0v) is 12.2. The van der Waals surface area contributed by atoms with Crippen molar-refractivity contribution in [1.82, 2.24) is 4.90 Å². The van der Waals surface area contributed by atoms with E-state index in [1.54, 1.807) is 0 Å². The predicted octanol–water partition coefficient (Wildman–Crippen LogP) is 2.52. The summed E-state index contributed by atoms with van der Waals surface area (Å²) in [7, 11) is 1.89. The topological polar surface area (TPSA) is 46.3 Å². The van der Waals surface area contributed by atoms with Gasteiger partial charge in [-0.3, -0.25) is 4.79 Å². The number of carbonyl (C=O) groups is 1. The summed E-state index contributed by atoms with van der Waals surface area (Å²) in [6, 6.07) is 8.26. The van der Waals surface area contributed by atoms with Crippen LogP contribution in [0.5, 0.6) is 0 Å². The Labute approximate surface area is 116 Å². The van der Waals surface area contributed by atoms with E-state index in [0.717, 1.165) is 38.8 Å². The molecule has 0 heterocycles. The van der Waals surface area contributed by atoms with Gasteiger partial charge in [-0.15, -0.1) is 0 Å². The summed E-state index contributed by atoms with van der Waals surface area (Å²) in [5, 5.41) is 0. The number of carbonyl (C=O) groups excluding carboxylic acids is 1. The molecule has 0 aliphatic heterocycles. The number of benzene rings is 1. The first-order chi connectivity index (χ1) is 9.15. The van der Waals surface area contributed by atoms with Crippen molar-refractivity contribution < 1.29 is 4.79 Å². The molecule has 0 aliphatic carbocycles. The lowest BCUT2D eigenvalue weighted by Crippen LogP contribution is -2.28. The lowest BCUT2D eigenvalue weighted by atomic mass is 10.0. The molecule has 0 atom stereocenters. The van der Waals surface area contributed by atoms with Gasteiger partial charge in [0.1, 0.15) is 0 Å². The Kier molecular flexibility index (Phi) is 7.19. The molecule has 0 saturated carbocycles. The van der Waals surface area contributed by atoms with Gasteiger partial charge in [-0.05, 0) is 43.9 Å². The molecule has 1 aromatic rings. The quantitative estimate of drug-likeness (QED) is 0.732. The van der Waals surface area contributed by atoms with Crippen LogP contribution >= 0.6 is 0 Å². The van der Waals surface area contributed by atoms with E-state index < -0.39 is 0 Å². The predicted molar refractivity (Wildman–Crippen MR) is 80.0 cm³/mol. The molecule has 0 bridgehead atoms. The molecule has 0 unspecified atom stereocenters. The summed E-state index contributed by atoms with van der Waals surface area (Å²) >= 11 is 0. The van der Waals surface area contributed by atoms with Crippen molar-refractivity contribution in [2.24, 2.45) is 5.73 Å². The van der Waals surface area contributed by atoms with Crippen LogP contribution in [0, 0.1) is 6.92 Å². The third-order valence-corrected chi connectivity index (χ3v) is 3.49. The number of nitrogens with zero attached hydrogens (tertiary/aromatic N) is 1. The number of hydrogen-bond donors (Lipinski definition) is 1. The summed E-state index contributed by atoms with van der Waals surface area (Å²) in [6.07, 6.45) is 4.62. The number of unbranched alkanes of at least 4 members (excludes halogenated alkanes) is 2. The van der Waals surface area contributed by atoms with E-state index in [4.69, 9.17) is 5.73 Å². The molecule has 0 spiro atoms. The largest absolute Gasteiger partial charge is 0.346 e. The fourth-order valence-corrected chi connectivity index (χ4v) is 2.12. The van der Waals surface area contributed by atoms with Gasteiger partial charge in [0.2, 0.25) is 5.91 Å². The Morgan fingerprint density at radius 2 is 1.95 bits per heavy atom. The van der Waals surface area contributed by atoms with Crippen LogP contribution in [0.1, 0.15) is 36.8 Å². The first-order valence-corrected chi connectivity index (χ1v) is 7.13. The van der Waals surface area contributed by atoms with Gasteiger partial charge in [-0.2, -0.15) is 0 Å². The molecule has 0 radical (unpaired) electrons. The fraction of sp³-hybridized carbons (Fsp3) is 0.562. The van der Waals surface area contributed by atoms with Crippen molar-refractivity contribution in [1.29, 1.82) is 0 Å². The fourth-order valence-electron chi connectivity index (χ4n) is 2.12. The SMILES string of the molecule is Cc1ccccc1CCC(=O)N(C)CCCCCN. The average molecular weight is 262 g/mol. The van der Waals surface area contributed by atoms with Crippen LogP contribution in [-0.2, 0) is 11.2 Å². The third kappa shape index (κ3) is 5.88. The zero-order chi connectivity index (χ0) is 14.1. The molecular weight excluding hydrogens is 236 g/mol. The van der Waals surface area contributed by atoms with Gasteiger partial charge in [0.05, 0.1) is 0 Å². The minimum atomic E-state index is 0.232. The molecule has 1 rings (SSSR count). The molecule has 0 aliphatic rings. The normalized spacial score (nSPS) is 10.5. The molecule has 19 heavy (non-hydrogen) atoms. The molecule has 3 heteroatoms. The Morgan fingerprint density at radius 3 is 2.63 bits per heavy atom. The van der Waals surface area contributed by atoms with E-state index in [-0.39, 0.29) is 5.91 Å². The van der Waals surface area contributed by atoms with Crippen LogP contribution in [-0.4, -0.2) is 30.9 Å². The van der Waals surface area contributed by atoms with Crippen LogP contribution < -0.4 is 5.73 Å². The Hall–Kier alpha value is -1.35. The highest BCUT2D eigenvalue weighted by Gasteiger charge is 2.09. The van der Waals surface area contributed by atoms with Crippen molar-refractivity contribution in [3.8, 4) is 0 Å². The van der Waals surface area contributed by atoms with Crippen LogP contribution in [0.2, 0.25) is 0 Å². The van der Waals surface area contributed by atoms with Gasteiger partial charge in [-0.25, -0.2) is 0 Å². The lowest BCUT2D eigenvalue weighted by Gasteiger charge is -2.17. The summed E-state index contributed by atoms with van der Waals surface area (Å²) in [5.41, 5.74) is 7.99. The number of amides is 1. The smallest absolute Gasteiger partial charge is 0.222 e. The van der Waals surface area contributed by atoms with Crippen LogP contribution in [0.25, 0.3) is 0 Å². The van der Waals surface area contributed by atoms with Crippen LogP contribution in [0.15, 0.2) is 24.3 Å². The van der Waals surface area contributed by atoms with Crippen molar-refractivity contribution in [2.75, 3.05) is 20.1 Å². The van der Waals surface area contributed by atoms with Crippen molar-refractivity contribution in [3.63, 3.8) is 0 Å². The Bertz CT molecular complexity index is 390. The number of nitrogens with two attached hydrogens (primary N) is 1. The van der Waals surface area contributed by atoms with E-state index in [9.17, 15) is 4.79 Å². The summed E-state index contributed by atoms with van der Waals surface area (Å²) in [4.78, 5) is 13.8. The molecule has 1 amide bonds. The van der Waals surface area contributed by atoms with Gasteiger partial charge >= 0.3 is 0 Å². The van der Waals surface area contributed by atoms with Gasteiger partial charge in [0, 0.05) is 20.0 Å². The standard InChI is InChI=1S/C16H26N2O/c1-14-8-4-5-9-15(14)10-11-16(19)18(2)13-7-3-6-12-17/h4-5,8-9H,3,6-7,10-13,17H2,1-2H3.